The Morgan fingerprint density at radius 1 is 1.00 bits per heavy atom. The third-order valence-electron chi connectivity index (χ3n) is 6.89. The Hall–Kier alpha value is -1.38. The second-order valence-corrected chi connectivity index (χ2v) is 11.6. The van der Waals surface area contributed by atoms with Gasteiger partial charge in [-0.1, -0.05) is 52.9 Å². The second-order valence-electron chi connectivity index (χ2n) is 11.6. The summed E-state index contributed by atoms with van der Waals surface area (Å²) in [5.41, 5.74) is 11.7. The molecule has 214 valence electrons. The van der Waals surface area contributed by atoms with Gasteiger partial charge in [0.2, 0.25) is 5.96 Å². The van der Waals surface area contributed by atoms with Crippen LogP contribution in [0.3, 0.4) is 0 Å². The van der Waals surface area contributed by atoms with E-state index in [0.717, 1.165) is 31.6 Å². The third kappa shape index (κ3) is 16.4. The monoisotopic (exact) mass is 513 g/mol. The zero-order valence-electron chi connectivity index (χ0n) is 25.0. The van der Waals surface area contributed by atoms with Crippen molar-refractivity contribution in [3.63, 3.8) is 0 Å². The van der Waals surface area contributed by atoms with E-state index in [1.807, 2.05) is 32.6 Å². The van der Waals surface area contributed by atoms with Crippen LogP contribution in [0.2, 0.25) is 0 Å². The first-order chi connectivity index (χ1) is 16.7. The number of aliphatic imine (C=N–C) groups is 2. The molecule has 0 radical (unpaired) electrons. The standard InChI is InChI=1S/C28H59N5O3/c1-10-23(5)16-14-12-13-15-18-31-25(29)32-26(30)33(27(6,7)11-2)20-24(34)21-36-28(8,9)17-19-35-22(3)4/h22-24,34H,10-21H2,1-9H3,(H4,29,30,31,32). The van der Waals surface area contributed by atoms with Gasteiger partial charge in [-0.25, -0.2) is 0 Å². The molecule has 0 aliphatic carbocycles. The summed E-state index contributed by atoms with van der Waals surface area (Å²) in [7, 11) is 0. The molecule has 0 aromatic rings. The Bertz CT molecular complexity index is 635. The molecule has 8 heteroatoms. The van der Waals surface area contributed by atoms with Gasteiger partial charge in [0.1, 0.15) is 0 Å². The lowest BCUT2D eigenvalue weighted by molar-refractivity contribution is -0.0821. The van der Waals surface area contributed by atoms with E-state index in [1.54, 1.807) is 0 Å². The maximum atomic E-state index is 10.8. The molecular formula is C28H59N5O3. The lowest BCUT2D eigenvalue weighted by Crippen LogP contribution is -2.54. The number of nitrogens with two attached hydrogens (primary N) is 2. The first kappa shape index (κ1) is 34.6. The number of rotatable bonds is 19. The van der Waals surface area contributed by atoms with Gasteiger partial charge in [0.25, 0.3) is 0 Å². The van der Waals surface area contributed by atoms with E-state index in [9.17, 15) is 5.11 Å². The van der Waals surface area contributed by atoms with E-state index in [2.05, 4.69) is 44.6 Å². The van der Waals surface area contributed by atoms with Gasteiger partial charge < -0.3 is 30.9 Å². The molecule has 0 fully saturated rings. The summed E-state index contributed by atoms with van der Waals surface area (Å²) in [6.45, 7) is 20.6. The van der Waals surface area contributed by atoms with E-state index in [0.29, 0.717) is 13.2 Å². The van der Waals surface area contributed by atoms with Crippen LogP contribution in [-0.4, -0.2) is 71.6 Å². The number of aliphatic hydroxyl groups is 1. The first-order valence-corrected chi connectivity index (χ1v) is 14.1. The van der Waals surface area contributed by atoms with Crippen LogP contribution >= 0.6 is 0 Å². The van der Waals surface area contributed by atoms with Crippen LogP contribution in [-0.2, 0) is 9.47 Å². The highest BCUT2D eigenvalue weighted by molar-refractivity contribution is 5.93. The maximum Gasteiger partial charge on any atom is 0.218 e. The van der Waals surface area contributed by atoms with Crippen molar-refractivity contribution in [1.29, 1.82) is 0 Å². The molecule has 0 bridgehead atoms. The smallest absolute Gasteiger partial charge is 0.218 e. The number of aliphatic hydroxyl groups excluding tert-OH is 1. The molecule has 0 saturated carbocycles. The molecule has 0 aliphatic heterocycles. The third-order valence-corrected chi connectivity index (χ3v) is 6.89. The van der Waals surface area contributed by atoms with Crippen LogP contribution < -0.4 is 11.5 Å². The summed E-state index contributed by atoms with van der Waals surface area (Å²) in [6.07, 6.45) is 8.22. The molecule has 8 nitrogen and oxygen atoms in total. The molecule has 0 rings (SSSR count). The fourth-order valence-electron chi connectivity index (χ4n) is 3.61. The first-order valence-electron chi connectivity index (χ1n) is 14.1. The Labute approximate surface area is 222 Å². The van der Waals surface area contributed by atoms with Crippen LogP contribution in [0.4, 0.5) is 0 Å². The number of guanidine groups is 2. The Kier molecular flexibility index (Phi) is 17.3. The minimum atomic E-state index is -0.733. The minimum absolute atomic E-state index is 0.182. The van der Waals surface area contributed by atoms with Crippen LogP contribution in [0.15, 0.2) is 9.98 Å². The zero-order chi connectivity index (χ0) is 27.8. The van der Waals surface area contributed by atoms with Crippen LogP contribution in [0.5, 0.6) is 0 Å². The van der Waals surface area contributed by atoms with Gasteiger partial charge >= 0.3 is 0 Å². The SMILES string of the molecule is CCC(C)CCCCCCN=C(N)/N=C(\N)N(CC(O)COC(C)(C)CCOC(C)C)C(C)(C)CC. The Morgan fingerprint density at radius 3 is 2.22 bits per heavy atom. The molecule has 0 aromatic heterocycles. The lowest BCUT2D eigenvalue weighted by atomic mass is 9.99. The maximum absolute atomic E-state index is 10.8. The summed E-state index contributed by atoms with van der Waals surface area (Å²) in [6, 6.07) is 0. The minimum Gasteiger partial charge on any atom is -0.389 e. The van der Waals surface area contributed by atoms with Crippen LogP contribution in [0.25, 0.3) is 0 Å². The van der Waals surface area contributed by atoms with Crippen LogP contribution in [0, 0.1) is 5.92 Å². The van der Waals surface area contributed by atoms with Crippen molar-refractivity contribution in [1.82, 2.24) is 4.90 Å². The second kappa shape index (κ2) is 18.0. The molecule has 0 aliphatic rings. The van der Waals surface area contributed by atoms with Gasteiger partial charge in [-0.3, -0.25) is 4.99 Å². The summed E-state index contributed by atoms with van der Waals surface area (Å²) in [5, 5.41) is 10.8. The Balaban J connectivity index is 4.87. The number of hydrogen-bond acceptors (Lipinski definition) is 4. The highest BCUT2D eigenvalue weighted by Crippen LogP contribution is 2.20. The van der Waals surface area contributed by atoms with Crippen molar-refractivity contribution in [2.75, 3.05) is 26.3 Å². The van der Waals surface area contributed by atoms with Crippen molar-refractivity contribution >= 4 is 11.9 Å². The largest absolute Gasteiger partial charge is 0.389 e. The molecule has 2 atom stereocenters. The van der Waals surface area contributed by atoms with Crippen molar-refractivity contribution in [2.24, 2.45) is 27.4 Å². The fourth-order valence-corrected chi connectivity index (χ4v) is 3.61. The van der Waals surface area contributed by atoms with Crippen LogP contribution in [0.1, 0.15) is 114 Å². The quantitative estimate of drug-likeness (QED) is 0.126. The highest BCUT2D eigenvalue weighted by Gasteiger charge is 2.30. The van der Waals surface area contributed by atoms with Gasteiger partial charge in [-0.15, -0.1) is 0 Å². The van der Waals surface area contributed by atoms with Crippen molar-refractivity contribution in [2.45, 2.75) is 137 Å². The zero-order valence-corrected chi connectivity index (χ0v) is 25.0. The number of hydrogen-bond donors (Lipinski definition) is 3. The lowest BCUT2D eigenvalue weighted by Gasteiger charge is -2.40. The average molecular weight is 514 g/mol. The van der Waals surface area contributed by atoms with Gasteiger partial charge in [-0.2, -0.15) is 4.99 Å². The number of unbranched alkanes of at least 4 members (excludes halogenated alkanes) is 3. The predicted octanol–water partition coefficient (Wildman–Crippen LogP) is 5.07. The molecule has 2 unspecified atom stereocenters. The molecule has 0 spiro atoms. The topological polar surface area (TPSA) is 119 Å². The normalized spacial score (nSPS) is 15.4. The van der Waals surface area contributed by atoms with Crippen molar-refractivity contribution in [3.05, 3.63) is 0 Å². The van der Waals surface area contributed by atoms with E-state index in [-0.39, 0.29) is 36.7 Å². The van der Waals surface area contributed by atoms with Gasteiger partial charge in [0, 0.05) is 25.2 Å². The van der Waals surface area contributed by atoms with E-state index in [1.165, 1.54) is 25.7 Å². The fraction of sp³-hybridized carbons (Fsp3) is 0.929. The number of ether oxygens (including phenoxy) is 2. The number of nitrogens with zero attached hydrogens (tertiary/aromatic N) is 3. The summed E-state index contributed by atoms with van der Waals surface area (Å²) >= 11 is 0. The average Bonchev–Trinajstić information content (AvgIpc) is 2.79. The van der Waals surface area contributed by atoms with Gasteiger partial charge in [0.15, 0.2) is 5.96 Å². The number of β-amino-alcohol motifs (C(OH)–C–C–N with tert-alkyl or cyclic N) is 1. The van der Waals surface area contributed by atoms with Crippen molar-refractivity contribution in [3.8, 4) is 0 Å². The molecule has 0 amide bonds. The predicted molar refractivity (Wildman–Crippen MR) is 153 cm³/mol. The molecule has 5 N–H and O–H groups in total. The summed E-state index contributed by atoms with van der Waals surface area (Å²) in [5.74, 6) is 1.26. The molecule has 0 aromatic carbocycles. The van der Waals surface area contributed by atoms with Crippen molar-refractivity contribution < 1.29 is 14.6 Å². The Morgan fingerprint density at radius 2 is 1.64 bits per heavy atom. The molecule has 0 saturated heterocycles. The molecular weight excluding hydrogens is 454 g/mol. The van der Waals surface area contributed by atoms with E-state index < -0.39 is 11.7 Å². The summed E-state index contributed by atoms with van der Waals surface area (Å²) in [4.78, 5) is 10.6. The van der Waals surface area contributed by atoms with Gasteiger partial charge in [0.05, 0.1) is 24.4 Å². The van der Waals surface area contributed by atoms with E-state index >= 15 is 0 Å². The van der Waals surface area contributed by atoms with E-state index in [4.69, 9.17) is 20.9 Å². The highest BCUT2D eigenvalue weighted by atomic mass is 16.5. The van der Waals surface area contributed by atoms with Gasteiger partial charge in [-0.05, 0) is 66.7 Å². The summed E-state index contributed by atoms with van der Waals surface area (Å²) < 4.78 is 11.6. The molecule has 0 heterocycles. The molecule has 36 heavy (non-hydrogen) atoms.